The Kier molecular flexibility index (Phi) is 4.76. The number of benzene rings is 2. The van der Waals surface area contributed by atoms with E-state index in [1.165, 1.54) is 12.1 Å². The molecule has 0 atom stereocenters. The number of hydrogen-bond acceptors (Lipinski definition) is 5. The number of aromatic hydroxyl groups is 1. The number of carbonyl (C=O) groups is 1. The fourth-order valence-corrected chi connectivity index (χ4v) is 1.71. The third kappa shape index (κ3) is 3.97. The van der Waals surface area contributed by atoms with Crippen LogP contribution in [0, 0.1) is 4.91 Å². The first kappa shape index (κ1) is 14.4. The van der Waals surface area contributed by atoms with Crippen LogP contribution in [0.3, 0.4) is 0 Å². The molecule has 0 aliphatic rings. The van der Waals surface area contributed by atoms with Crippen molar-refractivity contribution in [3.63, 3.8) is 0 Å². The Balaban J connectivity index is 2.16. The minimum atomic E-state index is -0.481. The number of carbonyl (C=O) groups excluding carboxylic acids is 1. The van der Waals surface area contributed by atoms with Crippen molar-refractivity contribution in [3.8, 4) is 5.75 Å². The van der Waals surface area contributed by atoms with Crippen LogP contribution in [-0.2, 0) is 0 Å². The Morgan fingerprint density at radius 3 is 2.43 bits per heavy atom. The summed E-state index contributed by atoms with van der Waals surface area (Å²) in [6.07, 6.45) is 0. The lowest BCUT2D eigenvalue weighted by atomic mass is 10.1. The average molecular weight is 283 g/mol. The van der Waals surface area contributed by atoms with Gasteiger partial charge in [0.15, 0.2) is 0 Å². The molecule has 0 aliphatic heterocycles. The van der Waals surface area contributed by atoms with Gasteiger partial charge in [0.05, 0.1) is 5.71 Å². The lowest BCUT2D eigenvalue weighted by Gasteiger charge is -2.04. The van der Waals surface area contributed by atoms with E-state index in [1.54, 1.807) is 36.4 Å². The number of rotatable bonds is 5. The lowest BCUT2D eigenvalue weighted by Crippen LogP contribution is -2.21. The molecule has 6 heteroatoms. The summed E-state index contributed by atoms with van der Waals surface area (Å²) < 4.78 is 0. The number of nitroso groups, excluding NO2 is 1. The zero-order chi connectivity index (χ0) is 15.1. The molecule has 0 saturated heterocycles. The van der Waals surface area contributed by atoms with Crippen molar-refractivity contribution < 1.29 is 9.90 Å². The molecular formula is C15H13N3O3. The van der Waals surface area contributed by atoms with Crippen LogP contribution in [0.5, 0.6) is 5.75 Å². The predicted molar refractivity (Wildman–Crippen MR) is 79.2 cm³/mol. The molecular weight excluding hydrogens is 270 g/mol. The van der Waals surface area contributed by atoms with Crippen molar-refractivity contribution >= 4 is 11.6 Å². The minimum absolute atomic E-state index is 0.00975. The maximum atomic E-state index is 11.9. The molecule has 1 amide bonds. The van der Waals surface area contributed by atoms with E-state index in [1.807, 2.05) is 6.07 Å². The summed E-state index contributed by atoms with van der Waals surface area (Å²) in [7, 11) is 0. The predicted octanol–water partition coefficient (Wildman–Crippen LogP) is 2.29. The van der Waals surface area contributed by atoms with Crippen LogP contribution in [0.1, 0.15) is 15.9 Å². The topological polar surface area (TPSA) is 91.1 Å². The summed E-state index contributed by atoms with van der Waals surface area (Å²) in [4.78, 5) is 22.4. The molecule has 2 aromatic carbocycles. The van der Waals surface area contributed by atoms with Crippen LogP contribution in [-0.4, -0.2) is 23.3 Å². The Morgan fingerprint density at radius 1 is 1.05 bits per heavy atom. The SMILES string of the molecule is O=NCC(=NNC(=O)c1cccc(O)c1)c1ccccc1. The van der Waals surface area contributed by atoms with E-state index in [2.05, 4.69) is 15.7 Å². The molecule has 0 heterocycles. The van der Waals surface area contributed by atoms with Crippen molar-refractivity contribution in [2.45, 2.75) is 0 Å². The van der Waals surface area contributed by atoms with Crippen LogP contribution >= 0.6 is 0 Å². The van der Waals surface area contributed by atoms with Gasteiger partial charge in [-0.15, -0.1) is 0 Å². The standard InChI is InChI=1S/C15H13N3O3/c19-13-8-4-7-12(9-13)15(20)18-17-14(10-16-21)11-5-2-1-3-6-11/h1-9,19H,10H2,(H,18,20). The second kappa shape index (κ2) is 6.95. The molecule has 6 nitrogen and oxygen atoms in total. The fraction of sp³-hybridized carbons (Fsp3) is 0.0667. The number of hydrazone groups is 1. The summed E-state index contributed by atoms with van der Waals surface area (Å²) in [5, 5.41) is 16.1. The van der Waals surface area contributed by atoms with Crippen LogP contribution in [0.25, 0.3) is 0 Å². The van der Waals surface area contributed by atoms with E-state index in [0.717, 1.165) is 0 Å². The van der Waals surface area contributed by atoms with Crippen molar-refractivity contribution in [1.29, 1.82) is 0 Å². The molecule has 0 unspecified atom stereocenters. The van der Waals surface area contributed by atoms with Gasteiger partial charge in [0, 0.05) is 5.56 Å². The van der Waals surface area contributed by atoms with Gasteiger partial charge in [0.25, 0.3) is 5.91 Å². The normalized spacial score (nSPS) is 11.0. The van der Waals surface area contributed by atoms with Gasteiger partial charge >= 0.3 is 0 Å². The average Bonchev–Trinajstić information content (AvgIpc) is 2.52. The van der Waals surface area contributed by atoms with Gasteiger partial charge in [-0.2, -0.15) is 10.0 Å². The number of amides is 1. The first-order valence-electron chi connectivity index (χ1n) is 6.21. The van der Waals surface area contributed by atoms with E-state index in [-0.39, 0.29) is 17.9 Å². The number of phenolic OH excluding ortho intramolecular Hbond substituents is 1. The highest BCUT2D eigenvalue weighted by molar-refractivity contribution is 6.03. The molecule has 0 saturated carbocycles. The van der Waals surface area contributed by atoms with Gasteiger partial charge in [0.2, 0.25) is 0 Å². The summed E-state index contributed by atoms with van der Waals surface area (Å²) in [6.45, 7) is -0.148. The van der Waals surface area contributed by atoms with Crippen molar-refractivity contribution in [3.05, 3.63) is 70.6 Å². The van der Waals surface area contributed by atoms with Crippen LogP contribution in [0.2, 0.25) is 0 Å². The molecule has 2 rings (SSSR count). The Labute approximate surface area is 121 Å². The van der Waals surface area contributed by atoms with E-state index < -0.39 is 5.91 Å². The van der Waals surface area contributed by atoms with Gasteiger partial charge in [-0.05, 0) is 23.8 Å². The molecule has 0 aromatic heterocycles. The molecule has 2 N–H and O–H groups in total. The lowest BCUT2D eigenvalue weighted by molar-refractivity contribution is 0.0954. The molecule has 2 aromatic rings. The molecule has 0 fully saturated rings. The highest BCUT2D eigenvalue weighted by Crippen LogP contribution is 2.10. The Bertz CT molecular complexity index is 669. The summed E-state index contributed by atoms with van der Waals surface area (Å²) in [5.41, 5.74) is 3.68. The molecule has 106 valence electrons. The molecule has 21 heavy (non-hydrogen) atoms. The fourth-order valence-electron chi connectivity index (χ4n) is 1.71. The largest absolute Gasteiger partial charge is 0.508 e. The summed E-state index contributed by atoms with van der Waals surface area (Å²) in [5.74, 6) is -0.491. The zero-order valence-corrected chi connectivity index (χ0v) is 11.1. The third-order valence-electron chi connectivity index (χ3n) is 2.72. The van der Waals surface area contributed by atoms with Crippen molar-refractivity contribution in [2.24, 2.45) is 10.3 Å². The van der Waals surface area contributed by atoms with Crippen LogP contribution < -0.4 is 5.43 Å². The number of hydrogen-bond donors (Lipinski definition) is 2. The van der Waals surface area contributed by atoms with E-state index in [9.17, 15) is 14.8 Å². The van der Waals surface area contributed by atoms with Gasteiger partial charge in [-0.3, -0.25) is 4.79 Å². The third-order valence-corrected chi connectivity index (χ3v) is 2.72. The summed E-state index contributed by atoms with van der Waals surface area (Å²) >= 11 is 0. The smallest absolute Gasteiger partial charge is 0.271 e. The second-order valence-corrected chi connectivity index (χ2v) is 4.20. The van der Waals surface area contributed by atoms with E-state index in [0.29, 0.717) is 11.3 Å². The van der Waals surface area contributed by atoms with Gasteiger partial charge in [-0.25, -0.2) is 5.43 Å². The van der Waals surface area contributed by atoms with E-state index >= 15 is 0 Å². The first-order valence-corrected chi connectivity index (χ1v) is 6.21. The Morgan fingerprint density at radius 2 is 1.76 bits per heavy atom. The van der Waals surface area contributed by atoms with Crippen LogP contribution in [0.4, 0.5) is 0 Å². The van der Waals surface area contributed by atoms with Gasteiger partial charge in [0.1, 0.15) is 12.3 Å². The highest BCUT2D eigenvalue weighted by Gasteiger charge is 2.07. The van der Waals surface area contributed by atoms with E-state index in [4.69, 9.17) is 0 Å². The van der Waals surface area contributed by atoms with Crippen LogP contribution in [0.15, 0.2) is 64.9 Å². The van der Waals surface area contributed by atoms with Crippen molar-refractivity contribution in [2.75, 3.05) is 6.54 Å². The highest BCUT2D eigenvalue weighted by atomic mass is 16.3. The molecule has 0 spiro atoms. The first-order chi connectivity index (χ1) is 10.2. The van der Waals surface area contributed by atoms with Gasteiger partial charge in [-0.1, -0.05) is 41.6 Å². The van der Waals surface area contributed by atoms with Crippen molar-refractivity contribution in [1.82, 2.24) is 5.43 Å². The number of nitrogens with zero attached hydrogens (tertiary/aromatic N) is 2. The molecule has 0 radical (unpaired) electrons. The second-order valence-electron chi connectivity index (χ2n) is 4.20. The number of phenols is 1. The quantitative estimate of drug-likeness (QED) is 0.501. The Hall–Kier alpha value is -3.02. The number of nitrogens with one attached hydrogen (secondary N) is 1. The maximum Gasteiger partial charge on any atom is 0.271 e. The summed E-state index contributed by atoms with van der Waals surface area (Å²) in [6, 6.07) is 14.9. The zero-order valence-electron chi connectivity index (χ0n) is 11.1. The minimum Gasteiger partial charge on any atom is -0.508 e. The molecule has 0 bridgehead atoms. The molecule has 0 aliphatic carbocycles. The van der Waals surface area contributed by atoms with Gasteiger partial charge < -0.3 is 5.11 Å². The monoisotopic (exact) mass is 283 g/mol. The maximum absolute atomic E-state index is 11.9.